The number of hydrogen-bond donors (Lipinski definition) is 1. The molecule has 1 aliphatic carbocycles. The lowest BCUT2D eigenvalue weighted by molar-refractivity contribution is -0.123. The molecule has 0 radical (unpaired) electrons. The summed E-state index contributed by atoms with van der Waals surface area (Å²) in [5, 5.41) is 4.34. The van der Waals surface area contributed by atoms with Crippen molar-refractivity contribution in [2.45, 2.75) is 52.0 Å². The number of rotatable bonds is 3. The highest BCUT2D eigenvalue weighted by Gasteiger charge is 2.26. The fraction of sp³-hybridized carbons (Fsp3) is 0.650. The Morgan fingerprint density at radius 2 is 1.89 bits per heavy atom. The van der Waals surface area contributed by atoms with Crippen LogP contribution in [0.15, 0.2) is 6.33 Å². The van der Waals surface area contributed by atoms with Gasteiger partial charge in [0.15, 0.2) is 0 Å². The quantitative estimate of drug-likeness (QED) is 0.877. The summed E-state index contributed by atoms with van der Waals surface area (Å²) in [5.74, 6) is 1.20. The minimum atomic E-state index is -0.177. The molecule has 0 aromatic carbocycles. The maximum absolute atomic E-state index is 12.2. The van der Waals surface area contributed by atoms with Crippen molar-refractivity contribution >= 4 is 33.3 Å². The molecule has 0 saturated carbocycles. The van der Waals surface area contributed by atoms with Gasteiger partial charge in [0.05, 0.1) is 11.9 Å². The van der Waals surface area contributed by atoms with Gasteiger partial charge in [-0.2, -0.15) is 0 Å². The highest BCUT2D eigenvalue weighted by atomic mass is 32.1. The number of nitrogens with zero attached hydrogens (tertiary/aromatic N) is 4. The Labute approximate surface area is 165 Å². The zero-order valence-corrected chi connectivity index (χ0v) is 17.4. The molecule has 1 saturated heterocycles. The molecule has 2 aromatic rings. The molecule has 0 spiro atoms. The Morgan fingerprint density at radius 3 is 2.63 bits per heavy atom. The zero-order chi connectivity index (χ0) is 19.0. The maximum atomic E-state index is 12.2. The molecule has 0 bridgehead atoms. The van der Waals surface area contributed by atoms with Crippen LogP contribution < -0.4 is 10.2 Å². The van der Waals surface area contributed by atoms with E-state index in [4.69, 9.17) is 0 Å². The van der Waals surface area contributed by atoms with E-state index in [-0.39, 0.29) is 11.4 Å². The fourth-order valence-electron chi connectivity index (χ4n) is 4.09. The Balaban J connectivity index is 1.46. The van der Waals surface area contributed by atoms with E-state index in [9.17, 15) is 4.79 Å². The SMILES string of the molecule is CC(C)(C)NC(=O)CN1CCN(c2ncnc3sc4c(c23)CCCC4)CC1. The van der Waals surface area contributed by atoms with Gasteiger partial charge in [-0.25, -0.2) is 9.97 Å². The van der Waals surface area contributed by atoms with Crippen LogP contribution in [-0.2, 0) is 17.6 Å². The van der Waals surface area contributed by atoms with Crippen LogP contribution in [0.25, 0.3) is 10.2 Å². The zero-order valence-electron chi connectivity index (χ0n) is 16.5. The minimum absolute atomic E-state index is 0.104. The molecule has 1 fully saturated rings. The minimum Gasteiger partial charge on any atom is -0.353 e. The normalized spacial score (nSPS) is 18.6. The van der Waals surface area contributed by atoms with Crippen molar-refractivity contribution in [1.29, 1.82) is 0 Å². The lowest BCUT2D eigenvalue weighted by atomic mass is 9.97. The monoisotopic (exact) mass is 387 g/mol. The molecule has 7 heteroatoms. The van der Waals surface area contributed by atoms with Gasteiger partial charge in [0, 0.05) is 36.6 Å². The van der Waals surface area contributed by atoms with E-state index in [1.54, 1.807) is 6.33 Å². The number of amides is 1. The first kappa shape index (κ1) is 18.6. The molecule has 1 amide bonds. The van der Waals surface area contributed by atoms with E-state index in [0.29, 0.717) is 6.54 Å². The number of nitrogens with one attached hydrogen (secondary N) is 1. The molecule has 2 aliphatic rings. The molecular weight excluding hydrogens is 358 g/mol. The summed E-state index contributed by atoms with van der Waals surface area (Å²) in [6.07, 6.45) is 6.61. The van der Waals surface area contributed by atoms with Crippen molar-refractivity contribution in [2.24, 2.45) is 0 Å². The van der Waals surface area contributed by atoms with Crippen molar-refractivity contribution in [3.05, 3.63) is 16.8 Å². The van der Waals surface area contributed by atoms with E-state index in [0.717, 1.165) is 43.2 Å². The molecule has 0 unspecified atom stereocenters. The Morgan fingerprint density at radius 1 is 1.15 bits per heavy atom. The first-order valence-corrected chi connectivity index (χ1v) is 10.8. The van der Waals surface area contributed by atoms with Crippen LogP contribution in [0.3, 0.4) is 0 Å². The first-order chi connectivity index (χ1) is 12.9. The van der Waals surface area contributed by atoms with Crippen LogP contribution >= 0.6 is 11.3 Å². The van der Waals surface area contributed by atoms with Crippen LogP contribution in [-0.4, -0.2) is 59.0 Å². The molecule has 1 N–H and O–H groups in total. The third-order valence-corrected chi connectivity index (χ3v) is 6.48. The topological polar surface area (TPSA) is 61.4 Å². The summed E-state index contributed by atoms with van der Waals surface area (Å²) < 4.78 is 0. The highest BCUT2D eigenvalue weighted by molar-refractivity contribution is 7.19. The summed E-state index contributed by atoms with van der Waals surface area (Å²) in [6, 6.07) is 0. The summed E-state index contributed by atoms with van der Waals surface area (Å²) in [5.41, 5.74) is 1.31. The molecule has 6 nitrogen and oxygen atoms in total. The van der Waals surface area contributed by atoms with E-state index < -0.39 is 0 Å². The van der Waals surface area contributed by atoms with Crippen molar-refractivity contribution in [3.8, 4) is 0 Å². The third kappa shape index (κ3) is 4.09. The lowest BCUT2D eigenvalue weighted by Crippen LogP contribution is -2.52. The summed E-state index contributed by atoms with van der Waals surface area (Å²) in [4.78, 5) is 28.7. The number of anilines is 1. The molecule has 146 valence electrons. The molecular formula is C20H29N5OS. The van der Waals surface area contributed by atoms with Crippen molar-refractivity contribution < 1.29 is 4.79 Å². The van der Waals surface area contributed by atoms with Crippen LogP contribution in [0.2, 0.25) is 0 Å². The van der Waals surface area contributed by atoms with Gasteiger partial charge in [-0.15, -0.1) is 11.3 Å². The molecule has 4 rings (SSSR count). The number of carbonyl (C=O) groups is 1. The van der Waals surface area contributed by atoms with Crippen molar-refractivity contribution in [2.75, 3.05) is 37.6 Å². The second-order valence-corrected chi connectivity index (χ2v) is 9.73. The Bertz CT molecular complexity index is 833. The van der Waals surface area contributed by atoms with Gasteiger partial charge >= 0.3 is 0 Å². The van der Waals surface area contributed by atoms with Gasteiger partial charge in [-0.1, -0.05) is 0 Å². The van der Waals surface area contributed by atoms with Gasteiger partial charge in [0.1, 0.15) is 17.0 Å². The molecule has 1 aliphatic heterocycles. The number of carbonyl (C=O) groups excluding carboxylic acids is 1. The molecule has 3 heterocycles. The number of hydrogen-bond acceptors (Lipinski definition) is 6. The van der Waals surface area contributed by atoms with Gasteiger partial charge in [-0.3, -0.25) is 9.69 Å². The summed E-state index contributed by atoms with van der Waals surface area (Å²) >= 11 is 1.85. The Kier molecular flexibility index (Phi) is 5.07. The smallest absolute Gasteiger partial charge is 0.234 e. The second kappa shape index (κ2) is 7.36. The largest absolute Gasteiger partial charge is 0.353 e. The lowest BCUT2D eigenvalue weighted by Gasteiger charge is -2.35. The number of aromatic nitrogens is 2. The standard InChI is InChI=1S/C20H29N5OS/c1-20(2,3)23-16(26)12-24-8-10-25(11-9-24)18-17-14-6-4-5-7-15(14)27-19(17)22-13-21-18/h13H,4-12H2,1-3H3,(H,23,26). The third-order valence-electron chi connectivity index (χ3n) is 5.28. The van der Waals surface area contributed by atoms with Crippen LogP contribution in [0.5, 0.6) is 0 Å². The fourth-order valence-corrected chi connectivity index (χ4v) is 5.32. The van der Waals surface area contributed by atoms with E-state index in [1.165, 1.54) is 35.1 Å². The van der Waals surface area contributed by atoms with Gasteiger partial charge in [-0.05, 0) is 52.0 Å². The molecule has 2 aromatic heterocycles. The first-order valence-electron chi connectivity index (χ1n) is 9.94. The molecule has 0 atom stereocenters. The number of fused-ring (bicyclic) bond motifs is 3. The molecule has 27 heavy (non-hydrogen) atoms. The predicted molar refractivity (Wildman–Crippen MR) is 111 cm³/mol. The van der Waals surface area contributed by atoms with E-state index >= 15 is 0 Å². The average Bonchev–Trinajstić information content (AvgIpc) is 2.99. The highest BCUT2D eigenvalue weighted by Crippen LogP contribution is 2.39. The predicted octanol–water partition coefficient (Wildman–Crippen LogP) is 2.61. The van der Waals surface area contributed by atoms with Gasteiger partial charge in [0.2, 0.25) is 5.91 Å². The average molecular weight is 388 g/mol. The van der Waals surface area contributed by atoms with Crippen LogP contribution in [0, 0.1) is 0 Å². The maximum Gasteiger partial charge on any atom is 0.234 e. The van der Waals surface area contributed by atoms with Crippen molar-refractivity contribution in [1.82, 2.24) is 20.2 Å². The van der Waals surface area contributed by atoms with E-state index in [1.807, 2.05) is 32.1 Å². The summed E-state index contributed by atoms with van der Waals surface area (Å²) in [7, 11) is 0. The number of thiophene rings is 1. The number of piperazine rings is 1. The van der Waals surface area contributed by atoms with Crippen LogP contribution in [0.4, 0.5) is 5.82 Å². The van der Waals surface area contributed by atoms with Crippen LogP contribution in [0.1, 0.15) is 44.1 Å². The van der Waals surface area contributed by atoms with Gasteiger partial charge in [0.25, 0.3) is 0 Å². The Hall–Kier alpha value is -1.73. The summed E-state index contributed by atoms with van der Waals surface area (Å²) in [6.45, 7) is 10.1. The second-order valence-electron chi connectivity index (χ2n) is 8.65. The number of aryl methyl sites for hydroxylation is 2. The van der Waals surface area contributed by atoms with Gasteiger partial charge < -0.3 is 10.2 Å². The van der Waals surface area contributed by atoms with Crippen molar-refractivity contribution in [3.63, 3.8) is 0 Å². The van der Waals surface area contributed by atoms with E-state index in [2.05, 4.69) is 25.1 Å².